The molecule has 1 N–H and O–H groups in total. The molecular weight excluding hydrogens is 441 g/mol. The van der Waals surface area contributed by atoms with Gasteiger partial charge in [-0.1, -0.05) is 51.1 Å². The minimum absolute atomic E-state index is 0.0214. The maximum Gasteiger partial charge on any atom is 0.328 e. The first-order chi connectivity index (χ1) is 12.2. The van der Waals surface area contributed by atoms with Crippen LogP contribution in [0.1, 0.15) is 42.3 Å². The highest BCUT2D eigenvalue weighted by Crippen LogP contribution is 2.22. The summed E-state index contributed by atoms with van der Waals surface area (Å²) in [6.45, 7) is 6.37. The first-order valence-electron chi connectivity index (χ1n) is 8.45. The molecule has 2 aromatic carbocycles. The molecule has 0 aliphatic carbocycles. The molecule has 0 fully saturated rings. The van der Waals surface area contributed by atoms with E-state index in [1.54, 1.807) is 12.1 Å². The van der Waals surface area contributed by atoms with E-state index in [2.05, 4.69) is 48.7 Å². The SMILES string of the molecule is COC(=O)[C@@H](Cc1ccccc1I)NC(=O)c1ccc(C(C)(C)C)cc1. The Kier molecular flexibility index (Phi) is 6.81. The van der Waals surface area contributed by atoms with Crippen LogP contribution in [0.2, 0.25) is 0 Å². The second-order valence-corrected chi connectivity index (χ2v) is 8.33. The number of halogens is 1. The van der Waals surface area contributed by atoms with Crippen molar-refractivity contribution in [1.29, 1.82) is 0 Å². The summed E-state index contributed by atoms with van der Waals surface area (Å²) in [6, 6.07) is 14.5. The van der Waals surface area contributed by atoms with Crippen LogP contribution in [0.5, 0.6) is 0 Å². The highest BCUT2D eigenvalue weighted by molar-refractivity contribution is 14.1. The molecule has 0 aromatic heterocycles. The van der Waals surface area contributed by atoms with E-state index in [1.165, 1.54) is 7.11 Å². The Labute approximate surface area is 168 Å². The van der Waals surface area contributed by atoms with E-state index in [1.807, 2.05) is 36.4 Å². The molecule has 2 rings (SSSR count). The van der Waals surface area contributed by atoms with Gasteiger partial charge < -0.3 is 10.1 Å². The van der Waals surface area contributed by atoms with Gasteiger partial charge in [-0.15, -0.1) is 0 Å². The summed E-state index contributed by atoms with van der Waals surface area (Å²) in [6.07, 6.45) is 0.387. The van der Waals surface area contributed by atoms with Gasteiger partial charge in [0, 0.05) is 15.6 Å². The summed E-state index contributed by atoms with van der Waals surface area (Å²) in [5.74, 6) is -0.740. The highest BCUT2D eigenvalue weighted by Gasteiger charge is 2.23. The lowest BCUT2D eigenvalue weighted by Crippen LogP contribution is -2.43. The predicted octanol–water partition coefficient (Wildman–Crippen LogP) is 4.10. The minimum Gasteiger partial charge on any atom is -0.467 e. The van der Waals surface area contributed by atoms with Gasteiger partial charge in [-0.2, -0.15) is 0 Å². The van der Waals surface area contributed by atoms with Crippen LogP contribution in [0.15, 0.2) is 48.5 Å². The number of hydrogen-bond donors (Lipinski definition) is 1. The molecule has 0 bridgehead atoms. The molecule has 2 aromatic rings. The fraction of sp³-hybridized carbons (Fsp3) is 0.333. The topological polar surface area (TPSA) is 55.4 Å². The van der Waals surface area contributed by atoms with Gasteiger partial charge in [-0.05, 0) is 57.3 Å². The van der Waals surface area contributed by atoms with E-state index in [9.17, 15) is 9.59 Å². The summed E-state index contributed by atoms with van der Waals surface area (Å²) in [7, 11) is 1.33. The number of benzene rings is 2. The molecule has 0 saturated heterocycles. The maximum atomic E-state index is 12.6. The Hall–Kier alpha value is -1.89. The normalized spacial score (nSPS) is 12.3. The van der Waals surface area contributed by atoms with Crippen molar-refractivity contribution in [1.82, 2.24) is 5.32 Å². The molecule has 0 aliphatic rings. The number of esters is 1. The Balaban J connectivity index is 2.16. The summed E-state index contributed by atoms with van der Waals surface area (Å²) in [4.78, 5) is 24.7. The number of rotatable bonds is 5. The van der Waals surface area contributed by atoms with Crippen LogP contribution in [0.4, 0.5) is 0 Å². The van der Waals surface area contributed by atoms with Crippen molar-refractivity contribution in [3.05, 3.63) is 68.8 Å². The second kappa shape index (κ2) is 8.66. The standard InChI is InChI=1S/C21H24INO3/c1-21(2,3)16-11-9-14(10-12-16)19(24)23-18(20(25)26-4)13-15-7-5-6-8-17(15)22/h5-12,18H,13H2,1-4H3,(H,23,24)/t18-/m1/s1. The Morgan fingerprint density at radius 3 is 2.23 bits per heavy atom. The molecular formula is C21H24INO3. The van der Waals surface area contributed by atoms with Gasteiger partial charge in [0.05, 0.1) is 7.11 Å². The summed E-state index contributed by atoms with van der Waals surface area (Å²) >= 11 is 2.22. The Bertz CT molecular complexity index is 779. The average molecular weight is 465 g/mol. The lowest BCUT2D eigenvalue weighted by molar-refractivity contribution is -0.142. The first kappa shape index (κ1) is 20.4. The number of carbonyl (C=O) groups excluding carboxylic acids is 2. The molecule has 0 spiro atoms. The fourth-order valence-corrected chi connectivity index (χ4v) is 3.19. The van der Waals surface area contributed by atoms with Crippen molar-refractivity contribution < 1.29 is 14.3 Å². The Morgan fingerprint density at radius 1 is 1.08 bits per heavy atom. The molecule has 1 amide bonds. The van der Waals surface area contributed by atoms with Gasteiger partial charge >= 0.3 is 5.97 Å². The van der Waals surface area contributed by atoms with Crippen molar-refractivity contribution in [3.8, 4) is 0 Å². The van der Waals surface area contributed by atoms with E-state index in [0.29, 0.717) is 12.0 Å². The third-order valence-electron chi connectivity index (χ3n) is 4.19. The van der Waals surface area contributed by atoms with Crippen LogP contribution in [-0.4, -0.2) is 25.0 Å². The van der Waals surface area contributed by atoms with Crippen molar-refractivity contribution >= 4 is 34.5 Å². The molecule has 0 radical (unpaired) electrons. The number of amides is 1. The van der Waals surface area contributed by atoms with Gasteiger partial charge in [-0.25, -0.2) is 4.79 Å². The third-order valence-corrected chi connectivity index (χ3v) is 5.24. The zero-order chi connectivity index (χ0) is 19.3. The molecule has 1 atom stereocenters. The van der Waals surface area contributed by atoms with E-state index < -0.39 is 12.0 Å². The monoisotopic (exact) mass is 465 g/mol. The third kappa shape index (κ3) is 5.30. The average Bonchev–Trinajstić information content (AvgIpc) is 2.61. The fourth-order valence-electron chi connectivity index (χ4n) is 2.58. The molecule has 0 aliphatic heterocycles. The first-order valence-corrected chi connectivity index (χ1v) is 9.53. The predicted molar refractivity (Wildman–Crippen MR) is 111 cm³/mol. The van der Waals surface area contributed by atoms with Gasteiger partial charge in [0.1, 0.15) is 6.04 Å². The van der Waals surface area contributed by atoms with E-state index in [-0.39, 0.29) is 11.3 Å². The smallest absolute Gasteiger partial charge is 0.328 e. The van der Waals surface area contributed by atoms with Crippen molar-refractivity contribution in [2.75, 3.05) is 7.11 Å². The van der Waals surface area contributed by atoms with Crippen LogP contribution in [0, 0.1) is 3.57 Å². The van der Waals surface area contributed by atoms with Gasteiger partial charge in [0.25, 0.3) is 5.91 Å². The second-order valence-electron chi connectivity index (χ2n) is 7.17. The zero-order valence-electron chi connectivity index (χ0n) is 15.5. The summed E-state index contributed by atoms with van der Waals surface area (Å²) in [5.41, 5.74) is 2.69. The number of nitrogens with one attached hydrogen (secondary N) is 1. The lowest BCUT2D eigenvalue weighted by Gasteiger charge is -2.20. The molecule has 138 valence electrons. The number of ether oxygens (including phenoxy) is 1. The summed E-state index contributed by atoms with van der Waals surface area (Å²) in [5, 5.41) is 2.80. The van der Waals surface area contributed by atoms with Crippen LogP contribution in [0.25, 0.3) is 0 Å². The molecule has 4 nitrogen and oxygen atoms in total. The van der Waals surface area contributed by atoms with Crippen molar-refractivity contribution in [3.63, 3.8) is 0 Å². The van der Waals surface area contributed by atoms with E-state index in [4.69, 9.17) is 4.74 Å². The largest absolute Gasteiger partial charge is 0.467 e. The lowest BCUT2D eigenvalue weighted by atomic mass is 9.86. The molecule has 5 heteroatoms. The van der Waals surface area contributed by atoms with Gasteiger partial charge in [0.15, 0.2) is 0 Å². The molecule has 0 unspecified atom stereocenters. The van der Waals surface area contributed by atoms with Crippen molar-refractivity contribution in [2.45, 2.75) is 38.6 Å². The van der Waals surface area contributed by atoms with Crippen LogP contribution < -0.4 is 5.32 Å². The number of hydrogen-bond acceptors (Lipinski definition) is 3. The minimum atomic E-state index is -0.731. The van der Waals surface area contributed by atoms with Crippen LogP contribution >= 0.6 is 22.6 Å². The highest BCUT2D eigenvalue weighted by atomic mass is 127. The number of methoxy groups -OCH3 is 1. The quantitative estimate of drug-likeness (QED) is 0.535. The van der Waals surface area contributed by atoms with E-state index >= 15 is 0 Å². The summed E-state index contributed by atoms with van der Waals surface area (Å²) < 4.78 is 5.91. The zero-order valence-corrected chi connectivity index (χ0v) is 17.7. The number of carbonyl (C=O) groups is 2. The molecule has 0 saturated carbocycles. The van der Waals surface area contributed by atoms with Crippen LogP contribution in [-0.2, 0) is 21.4 Å². The van der Waals surface area contributed by atoms with Gasteiger partial charge in [-0.3, -0.25) is 4.79 Å². The van der Waals surface area contributed by atoms with Crippen molar-refractivity contribution in [2.24, 2.45) is 0 Å². The van der Waals surface area contributed by atoms with E-state index in [0.717, 1.165) is 14.7 Å². The maximum absolute atomic E-state index is 12.6. The van der Waals surface area contributed by atoms with Gasteiger partial charge in [0.2, 0.25) is 0 Å². The Morgan fingerprint density at radius 2 is 1.69 bits per heavy atom. The van der Waals surface area contributed by atoms with Crippen LogP contribution in [0.3, 0.4) is 0 Å². The molecule has 0 heterocycles. The molecule has 26 heavy (non-hydrogen) atoms.